The first kappa shape index (κ1) is 11.9. The van der Waals surface area contributed by atoms with E-state index in [-0.39, 0.29) is 5.25 Å². The molecule has 0 aliphatic heterocycles. The first-order valence-corrected chi connectivity index (χ1v) is 7.56. The maximum Gasteiger partial charge on any atom is 0.236 e. The van der Waals surface area contributed by atoms with Gasteiger partial charge in [-0.2, -0.15) is 0 Å². The minimum atomic E-state index is -3.26. The summed E-state index contributed by atoms with van der Waals surface area (Å²) in [6.07, 6.45) is 3.50. The van der Waals surface area contributed by atoms with E-state index in [4.69, 9.17) is 0 Å². The number of aromatic nitrogens is 1. The van der Waals surface area contributed by atoms with E-state index < -0.39 is 10.0 Å². The van der Waals surface area contributed by atoms with Crippen molar-refractivity contribution in [2.24, 2.45) is 0 Å². The third-order valence-corrected chi connectivity index (χ3v) is 4.99. The topological polar surface area (TPSA) is 59.1 Å². The van der Waals surface area contributed by atoms with Gasteiger partial charge >= 0.3 is 0 Å². The van der Waals surface area contributed by atoms with Crippen LogP contribution in [0.1, 0.15) is 25.7 Å². The number of halogens is 1. The molecule has 88 valence electrons. The van der Waals surface area contributed by atoms with Crippen LogP contribution in [0.5, 0.6) is 0 Å². The molecule has 2 rings (SSSR count). The highest BCUT2D eigenvalue weighted by Crippen LogP contribution is 2.25. The molecule has 6 heteroatoms. The van der Waals surface area contributed by atoms with Crippen LogP contribution < -0.4 is 4.72 Å². The summed E-state index contributed by atoms with van der Waals surface area (Å²) in [5.41, 5.74) is 0. The Hall–Kier alpha value is -0.620. The van der Waals surface area contributed by atoms with Crippen LogP contribution in [0.25, 0.3) is 0 Å². The summed E-state index contributed by atoms with van der Waals surface area (Å²) in [7, 11) is -3.26. The third-order valence-electron chi connectivity index (χ3n) is 2.70. The fourth-order valence-corrected chi connectivity index (χ4v) is 3.76. The van der Waals surface area contributed by atoms with E-state index in [1.165, 1.54) is 0 Å². The average molecular weight is 305 g/mol. The average Bonchev–Trinajstić information content (AvgIpc) is 2.69. The summed E-state index contributed by atoms with van der Waals surface area (Å²) in [5, 5.41) is -0.256. The van der Waals surface area contributed by atoms with Crippen molar-refractivity contribution in [1.82, 2.24) is 4.98 Å². The van der Waals surface area contributed by atoms with Gasteiger partial charge in [0.25, 0.3) is 0 Å². The molecule has 1 aliphatic carbocycles. The van der Waals surface area contributed by atoms with Crippen LogP contribution in [0.4, 0.5) is 5.82 Å². The number of hydrogen-bond donors (Lipinski definition) is 1. The standard InChI is InChI=1S/C10H13BrN2O2S/c11-9-6-3-7-10(12-9)13-16(14,15)8-4-1-2-5-8/h3,6-8H,1-2,4-5H2,(H,12,13). The Morgan fingerprint density at radius 1 is 1.31 bits per heavy atom. The van der Waals surface area contributed by atoms with E-state index in [0.717, 1.165) is 25.7 Å². The van der Waals surface area contributed by atoms with Crippen molar-refractivity contribution >= 4 is 31.8 Å². The third kappa shape index (κ3) is 2.74. The fourth-order valence-electron chi connectivity index (χ4n) is 1.89. The van der Waals surface area contributed by atoms with Crippen molar-refractivity contribution < 1.29 is 8.42 Å². The summed E-state index contributed by atoms with van der Waals surface area (Å²) in [5.74, 6) is 0.376. The molecule has 16 heavy (non-hydrogen) atoms. The molecular formula is C10H13BrN2O2S. The number of pyridine rings is 1. The lowest BCUT2D eigenvalue weighted by Crippen LogP contribution is -2.25. The molecule has 0 atom stereocenters. The molecule has 0 radical (unpaired) electrons. The van der Waals surface area contributed by atoms with Crippen molar-refractivity contribution in [3.8, 4) is 0 Å². The molecule has 0 amide bonds. The van der Waals surface area contributed by atoms with E-state index >= 15 is 0 Å². The Balaban J connectivity index is 2.14. The van der Waals surface area contributed by atoms with Gasteiger partial charge in [-0.25, -0.2) is 13.4 Å². The molecule has 0 spiro atoms. The minimum Gasteiger partial charge on any atom is -0.267 e. The molecule has 0 aromatic carbocycles. The highest BCUT2D eigenvalue weighted by molar-refractivity contribution is 9.10. The maximum absolute atomic E-state index is 11.9. The van der Waals surface area contributed by atoms with Crippen molar-refractivity contribution in [2.45, 2.75) is 30.9 Å². The minimum absolute atomic E-state index is 0.256. The fraction of sp³-hybridized carbons (Fsp3) is 0.500. The van der Waals surface area contributed by atoms with Gasteiger partial charge in [0.05, 0.1) is 5.25 Å². The molecule has 0 bridgehead atoms. The Morgan fingerprint density at radius 3 is 2.62 bits per heavy atom. The first-order valence-electron chi connectivity index (χ1n) is 5.22. The second-order valence-electron chi connectivity index (χ2n) is 3.90. The molecule has 1 aliphatic rings. The van der Waals surface area contributed by atoms with Gasteiger partial charge in [0.1, 0.15) is 10.4 Å². The Labute approximate surface area is 104 Å². The Bertz CT molecular complexity index is 469. The van der Waals surface area contributed by atoms with E-state index in [9.17, 15) is 8.42 Å². The number of hydrogen-bond acceptors (Lipinski definition) is 3. The lowest BCUT2D eigenvalue weighted by molar-refractivity contribution is 0.585. The van der Waals surface area contributed by atoms with Gasteiger partial charge in [0, 0.05) is 0 Å². The van der Waals surface area contributed by atoms with Gasteiger partial charge in [0.2, 0.25) is 10.0 Å². The van der Waals surface area contributed by atoms with Gasteiger partial charge < -0.3 is 0 Å². The highest BCUT2D eigenvalue weighted by atomic mass is 79.9. The van der Waals surface area contributed by atoms with Crippen LogP contribution in [0.3, 0.4) is 0 Å². The number of nitrogens with one attached hydrogen (secondary N) is 1. The predicted octanol–water partition coefficient (Wildman–Crippen LogP) is 2.53. The van der Waals surface area contributed by atoms with Crippen molar-refractivity contribution in [3.63, 3.8) is 0 Å². The summed E-state index contributed by atoms with van der Waals surface area (Å²) in [6, 6.07) is 5.16. The van der Waals surface area contributed by atoms with Crippen molar-refractivity contribution in [3.05, 3.63) is 22.8 Å². The normalized spacial score (nSPS) is 17.6. The SMILES string of the molecule is O=S(=O)(Nc1cccc(Br)n1)C1CCCC1. The molecule has 1 fully saturated rings. The molecule has 1 saturated carbocycles. The van der Waals surface area contributed by atoms with E-state index in [1.807, 2.05) is 0 Å². The van der Waals surface area contributed by atoms with Gasteiger partial charge in [-0.15, -0.1) is 0 Å². The molecule has 1 N–H and O–H groups in total. The molecule has 0 saturated heterocycles. The number of rotatable bonds is 3. The van der Waals surface area contributed by atoms with Crippen molar-refractivity contribution in [1.29, 1.82) is 0 Å². The summed E-state index contributed by atoms with van der Waals surface area (Å²) >= 11 is 3.21. The molecule has 1 aromatic rings. The molecule has 1 heterocycles. The molecular weight excluding hydrogens is 292 g/mol. The largest absolute Gasteiger partial charge is 0.267 e. The number of sulfonamides is 1. The lowest BCUT2D eigenvalue weighted by atomic mass is 10.4. The lowest BCUT2D eigenvalue weighted by Gasteiger charge is -2.12. The predicted molar refractivity (Wildman–Crippen MR) is 66.7 cm³/mol. The van der Waals surface area contributed by atoms with Crippen LogP contribution in [-0.4, -0.2) is 18.7 Å². The highest BCUT2D eigenvalue weighted by Gasteiger charge is 2.28. The van der Waals surface area contributed by atoms with E-state index in [0.29, 0.717) is 10.4 Å². The Kier molecular flexibility index (Phi) is 3.49. The first-order chi connectivity index (χ1) is 7.58. The monoisotopic (exact) mass is 304 g/mol. The second kappa shape index (κ2) is 4.71. The van der Waals surface area contributed by atoms with Crippen LogP contribution >= 0.6 is 15.9 Å². The summed E-state index contributed by atoms with van der Waals surface area (Å²) in [4.78, 5) is 4.06. The van der Waals surface area contributed by atoms with Gasteiger partial charge in [0.15, 0.2) is 0 Å². The summed E-state index contributed by atoms with van der Waals surface area (Å²) in [6.45, 7) is 0. The van der Waals surface area contributed by atoms with E-state index in [2.05, 4.69) is 25.6 Å². The Morgan fingerprint density at radius 2 is 2.00 bits per heavy atom. The zero-order valence-electron chi connectivity index (χ0n) is 8.69. The van der Waals surface area contributed by atoms with Crippen LogP contribution in [-0.2, 0) is 10.0 Å². The summed E-state index contributed by atoms with van der Waals surface area (Å²) < 4.78 is 27.1. The zero-order chi connectivity index (χ0) is 11.6. The molecule has 1 aromatic heterocycles. The number of nitrogens with zero attached hydrogens (tertiary/aromatic N) is 1. The second-order valence-corrected chi connectivity index (χ2v) is 6.67. The van der Waals surface area contributed by atoms with Crippen LogP contribution in [0.15, 0.2) is 22.8 Å². The quantitative estimate of drug-likeness (QED) is 0.873. The molecule has 0 unspecified atom stereocenters. The van der Waals surface area contributed by atoms with Gasteiger partial charge in [-0.1, -0.05) is 18.9 Å². The van der Waals surface area contributed by atoms with Crippen LogP contribution in [0.2, 0.25) is 0 Å². The van der Waals surface area contributed by atoms with Crippen molar-refractivity contribution in [2.75, 3.05) is 4.72 Å². The maximum atomic E-state index is 11.9. The van der Waals surface area contributed by atoms with Crippen LogP contribution in [0, 0.1) is 0 Å². The molecule has 4 nitrogen and oxygen atoms in total. The smallest absolute Gasteiger partial charge is 0.236 e. The van der Waals surface area contributed by atoms with Gasteiger partial charge in [-0.05, 0) is 40.9 Å². The zero-order valence-corrected chi connectivity index (χ0v) is 11.1. The number of anilines is 1. The van der Waals surface area contributed by atoms with E-state index in [1.54, 1.807) is 18.2 Å². The van der Waals surface area contributed by atoms with Gasteiger partial charge in [-0.3, -0.25) is 4.72 Å².